The van der Waals surface area contributed by atoms with E-state index in [4.69, 9.17) is 19.8 Å². The van der Waals surface area contributed by atoms with Crippen LogP contribution in [-0.2, 0) is 48.4 Å². The number of halogens is 6. The molecule has 0 atom stereocenters. The smallest absolute Gasteiger partial charge is 0.475 e. The Kier molecular flexibility index (Phi) is 9.29. The minimum atomic E-state index is -5.08. The van der Waals surface area contributed by atoms with Crippen molar-refractivity contribution < 1.29 is 46.1 Å². The maximum Gasteiger partial charge on any atom is 0.490 e. The van der Waals surface area contributed by atoms with E-state index in [-0.39, 0.29) is 0 Å². The first kappa shape index (κ1) is 28.1. The van der Waals surface area contributed by atoms with Crippen LogP contribution in [0.1, 0.15) is 53.2 Å². The second-order valence-corrected chi connectivity index (χ2v) is 8.09. The third-order valence-corrected chi connectivity index (χ3v) is 5.36. The second kappa shape index (κ2) is 11.6. The molecule has 2 aromatic heterocycles. The van der Waals surface area contributed by atoms with Gasteiger partial charge >= 0.3 is 24.3 Å². The van der Waals surface area contributed by atoms with E-state index >= 15 is 0 Å². The van der Waals surface area contributed by atoms with Gasteiger partial charge in [0, 0.05) is 24.5 Å². The van der Waals surface area contributed by atoms with Crippen molar-refractivity contribution >= 4 is 11.9 Å². The predicted octanol–water partition coefficient (Wildman–Crippen LogP) is 3.40. The number of aryl methyl sites for hydroxylation is 2. The predicted molar refractivity (Wildman–Crippen MR) is 108 cm³/mol. The van der Waals surface area contributed by atoms with E-state index in [9.17, 15) is 26.3 Å². The van der Waals surface area contributed by atoms with Gasteiger partial charge in [0.25, 0.3) is 0 Å². The lowest BCUT2D eigenvalue weighted by Crippen LogP contribution is -2.21. The van der Waals surface area contributed by atoms with E-state index in [0.29, 0.717) is 0 Å². The highest BCUT2D eigenvalue weighted by molar-refractivity contribution is 5.73. The molecule has 35 heavy (non-hydrogen) atoms. The summed E-state index contributed by atoms with van der Waals surface area (Å²) in [5, 5.41) is 29.7. The fourth-order valence-corrected chi connectivity index (χ4v) is 3.77. The van der Waals surface area contributed by atoms with Crippen LogP contribution >= 0.6 is 0 Å². The lowest BCUT2D eigenvalue weighted by atomic mass is 9.96. The molecule has 2 aromatic rings. The van der Waals surface area contributed by atoms with E-state index in [1.807, 2.05) is 0 Å². The van der Waals surface area contributed by atoms with Crippen LogP contribution in [0, 0.1) is 0 Å². The van der Waals surface area contributed by atoms with Crippen LogP contribution < -0.4 is 0 Å². The number of carboxylic acid groups (broad SMARTS) is 2. The monoisotopic (exact) mass is 513 g/mol. The van der Waals surface area contributed by atoms with Crippen LogP contribution in [0.15, 0.2) is 0 Å². The molecule has 2 heterocycles. The fraction of sp³-hybridized carbons (Fsp3) is 0.600. The molecule has 0 aliphatic heterocycles. The lowest BCUT2D eigenvalue weighted by molar-refractivity contribution is -0.193. The molecular formula is C20H25F6N5O4. The van der Waals surface area contributed by atoms with Gasteiger partial charge in [-0.15, -0.1) is 0 Å². The molecule has 9 nitrogen and oxygen atoms in total. The van der Waals surface area contributed by atoms with Gasteiger partial charge < -0.3 is 10.2 Å². The Hall–Kier alpha value is -3.10. The maximum absolute atomic E-state index is 10.6. The first-order valence-electron chi connectivity index (χ1n) is 10.6. The van der Waals surface area contributed by atoms with Gasteiger partial charge in [-0.2, -0.15) is 36.5 Å². The Morgan fingerprint density at radius 2 is 1.11 bits per heavy atom. The van der Waals surface area contributed by atoms with Crippen molar-refractivity contribution in [3.63, 3.8) is 0 Å². The number of carboxylic acids is 2. The number of aliphatic carboxylic acids is 2. The second-order valence-electron chi connectivity index (χ2n) is 8.09. The molecule has 196 valence electrons. The topological polar surface area (TPSA) is 135 Å². The number of hydrogen-bond acceptors (Lipinski definition) is 5. The van der Waals surface area contributed by atoms with Crippen molar-refractivity contribution in [1.29, 1.82) is 0 Å². The molecule has 15 heteroatoms. The van der Waals surface area contributed by atoms with E-state index in [2.05, 4.69) is 32.3 Å². The van der Waals surface area contributed by atoms with Crippen molar-refractivity contribution in [1.82, 2.24) is 25.3 Å². The Bertz CT molecular complexity index is 991. The Labute approximate surface area is 195 Å². The molecule has 0 saturated heterocycles. The number of fused-ring (bicyclic) bond motifs is 2. The molecule has 2 aliphatic carbocycles. The van der Waals surface area contributed by atoms with Gasteiger partial charge in [0.05, 0.1) is 11.4 Å². The Morgan fingerprint density at radius 1 is 0.771 bits per heavy atom. The molecule has 2 aliphatic rings. The third-order valence-electron chi connectivity index (χ3n) is 5.36. The van der Waals surface area contributed by atoms with Crippen molar-refractivity contribution in [3.8, 4) is 0 Å². The van der Waals surface area contributed by atoms with E-state index in [0.717, 1.165) is 13.1 Å². The zero-order valence-electron chi connectivity index (χ0n) is 18.7. The standard InChI is InChI=1S/C16H23N5.2C2HF3O2/c1-21(10-16-12-6-4-8-14(12)18-20-16)9-15-11-5-2-3-7-13(11)17-19-15;2*3-2(4,5)1(6)7/h2-10H2,1H3,(H,17,19)(H,18,20);2*(H,6,7). The van der Waals surface area contributed by atoms with Crippen LogP contribution in [0.25, 0.3) is 0 Å². The van der Waals surface area contributed by atoms with Crippen molar-refractivity contribution in [2.75, 3.05) is 7.05 Å². The molecule has 0 radical (unpaired) electrons. The van der Waals surface area contributed by atoms with E-state index < -0.39 is 24.3 Å². The zero-order chi connectivity index (χ0) is 26.4. The first-order valence-corrected chi connectivity index (χ1v) is 10.6. The minimum Gasteiger partial charge on any atom is -0.475 e. The van der Waals surface area contributed by atoms with E-state index in [1.54, 1.807) is 0 Å². The van der Waals surface area contributed by atoms with Gasteiger partial charge in [0.15, 0.2) is 0 Å². The number of H-pyrrole nitrogens is 2. The summed E-state index contributed by atoms with van der Waals surface area (Å²) in [6.07, 6.45) is -1.59. The third kappa shape index (κ3) is 8.26. The van der Waals surface area contributed by atoms with Crippen LogP contribution in [0.5, 0.6) is 0 Å². The van der Waals surface area contributed by atoms with Gasteiger partial charge in [-0.1, -0.05) is 0 Å². The summed E-state index contributed by atoms with van der Waals surface area (Å²) in [6.45, 7) is 1.82. The van der Waals surface area contributed by atoms with Crippen molar-refractivity contribution in [3.05, 3.63) is 33.9 Å². The highest BCUT2D eigenvalue weighted by atomic mass is 19.4. The molecule has 0 aromatic carbocycles. The highest BCUT2D eigenvalue weighted by Crippen LogP contribution is 2.25. The number of aromatic amines is 2. The molecule has 0 bridgehead atoms. The molecule has 0 amide bonds. The van der Waals surface area contributed by atoms with Crippen molar-refractivity contribution in [2.24, 2.45) is 0 Å². The lowest BCUT2D eigenvalue weighted by Gasteiger charge is -2.17. The van der Waals surface area contributed by atoms with Crippen LogP contribution in [0.4, 0.5) is 26.3 Å². The molecule has 4 N–H and O–H groups in total. The number of rotatable bonds is 4. The quantitative estimate of drug-likeness (QED) is 0.460. The van der Waals surface area contributed by atoms with E-state index in [1.165, 1.54) is 78.8 Å². The molecule has 0 spiro atoms. The Morgan fingerprint density at radius 3 is 1.51 bits per heavy atom. The summed E-state index contributed by atoms with van der Waals surface area (Å²) in [4.78, 5) is 20.1. The minimum absolute atomic E-state index is 0.910. The van der Waals surface area contributed by atoms with Gasteiger partial charge in [-0.25, -0.2) is 9.59 Å². The summed E-state index contributed by atoms with van der Waals surface area (Å²) in [7, 11) is 2.17. The summed E-state index contributed by atoms with van der Waals surface area (Å²) in [6, 6.07) is 0. The number of hydrogen-bond donors (Lipinski definition) is 4. The van der Waals surface area contributed by atoms with Crippen LogP contribution in [0.2, 0.25) is 0 Å². The molecule has 0 saturated carbocycles. The highest BCUT2D eigenvalue weighted by Gasteiger charge is 2.38. The summed E-state index contributed by atoms with van der Waals surface area (Å²) >= 11 is 0. The van der Waals surface area contributed by atoms with Crippen LogP contribution in [0.3, 0.4) is 0 Å². The molecule has 0 fully saturated rings. The average molecular weight is 513 g/mol. The van der Waals surface area contributed by atoms with Gasteiger partial charge in [0.2, 0.25) is 0 Å². The van der Waals surface area contributed by atoms with Gasteiger partial charge in [-0.05, 0) is 63.1 Å². The van der Waals surface area contributed by atoms with Gasteiger partial charge in [0.1, 0.15) is 0 Å². The largest absolute Gasteiger partial charge is 0.490 e. The van der Waals surface area contributed by atoms with Crippen LogP contribution in [-0.4, -0.2) is 66.8 Å². The molecular weight excluding hydrogens is 488 g/mol. The summed E-state index contributed by atoms with van der Waals surface area (Å²) < 4.78 is 63.5. The number of alkyl halides is 6. The Balaban J connectivity index is 0.000000257. The number of carbonyl (C=O) groups is 2. The average Bonchev–Trinajstić information content (AvgIpc) is 3.46. The fourth-order valence-electron chi connectivity index (χ4n) is 3.77. The summed E-state index contributed by atoms with van der Waals surface area (Å²) in [5.74, 6) is -5.51. The SMILES string of the molecule is CN(Cc1n[nH]c2c1CCCC2)Cc1n[nH]c2c1CCC2.O=C(O)C(F)(F)F.O=C(O)C(F)(F)F. The zero-order valence-corrected chi connectivity index (χ0v) is 18.7. The molecule has 0 unspecified atom stereocenters. The number of nitrogens with one attached hydrogen (secondary N) is 2. The molecule has 4 rings (SSSR count). The maximum atomic E-state index is 10.6. The first-order chi connectivity index (χ1) is 16.2. The summed E-state index contributed by atoms with van der Waals surface area (Å²) in [5.41, 5.74) is 8.13. The van der Waals surface area contributed by atoms with Gasteiger partial charge in [-0.3, -0.25) is 15.1 Å². The number of aromatic nitrogens is 4. The van der Waals surface area contributed by atoms with Crippen molar-refractivity contribution in [2.45, 2.75) is 70.4 Å². The number of nitrogens with zero attached hydrogens (tertiary/aromatic N) is 3. The normalized spacial score (nSPS) is 14.9.